The van der Waals surface area contributed by atoms with Crippen LogP contribution in [0.15, 0.2) is 12.1 Å². The number of nitrogens with one attached hydrogen (secondary N) is 1. The Morgan fingerprint density at radius 3 is 2.56 bits per heavy atom. The molecule has 0 heterocycles. The van der Waals surface area contributed by atoms with Crippen molar-refractivity contribution in [2.75, 3.05) is 27.3 Å². The molecule has 0 radical (unpaired) electrons. The van der Waals surface area contributed by atoms with E-state index in [-0.39, 0.29) is 6.04 Å². The first kappa shape index (κ1) is 14.8. The number of nitrogens with two attached hydrogens (primary N) is 2. The molecule has 0 fully saturated rings. The lowest BCUT2D eigenvalue weighted by Gasteiger charge is -2.16. The highest BCUT2D eigenvalue weighted by molar-refractivity contribution is 5.49. The van der Waals surface area contributed by atoms with Crippen LogP contribution in [0.3, 0.4) is 0 Å². The average Bonchev–Trinajstić information content (AvgIpc) is 2.39. The molecule has 18 heavy (non-hydrogen) atoms. The molecule has 0 aromatic heterocycles. The van der Waals surface area contributed by atoms with Crippen LogP contribution < -0.4 is 26.3 Å². The fourth-order valence-electron chi connectivity index (χ4n) is 1.85. The van der Waals surface area contributed by atoms with E-state index < -0.39 is 0 Å². The summed E-state index contributed by atoms with van der Waals surface area (Å²) >= 11 is 0. The third-order valence-corrected chi connectivity index (χ3v) is 2.89. The third kappa shape index (κ3) is 3.60. The molecule has 0 bridgehead atoms. The number of benzene rings is 1. The van der Waals surface area contributed by atoms with Crippen molar-refractivity contribution in [2.24, 2.45) is 11.5 Å². The normalized spacial score (nSPS) is 12.3. The molecule has 5 nitrogen and oxygen atoms in total. The van der Waals surface area contributed by atoms with E-state index in [0.29, 0.717) is 19.6 Å². The van der Waals surface area contributed by atoms with Gasteiger partial charge in [0.25, 0.3) is 0 Å². The first-order chi connectivity index (χ1) is 8.63. The van der Waals surface area contributed by atoms with Crippen LogP contribution in [0.5, 0.6) is 11.5 Å². The fourth-order valence-corrected chi connectivity index (χ4v) is 1.85. The SMILES string of the molecule is COc1ccc(CNCC(N)CN)c(OC)c1C. The van der Waals surface area contributed by atoms with Gasteiger partial charge in [0, 0.05) is 36.8 Å². The summed E-state index contributed by atoms with van der Waals surface area (Å²) in [6, 6.07) is 3.92. The van der Waals surface area contributed by atoms with Crippen molar-refractivity contribution in [1.29, 1.82) is 0 Å². The zero-order valence-electron chi connectivity index (χ0n) is 11.3. The molecule has 102 valence electrons. The third-order valence-electron chi connectivity index (χ3n) is 2.89. The molecule has 0 aliphatic heterocycles. The minimum atomic E-state index is -0.0182. The van der Waals surface area contributed by atoms with E-state index in [0.717, 1.165) is 22.6 Å². The molecular formula is C13H23N3O2. The predicted molar refractivity (Wildman–Crippen MR) is 73.0 cm³/mol. The standard InChI is InChI=1S/C13H23N3O2/c1-9-12(17-2)5-4-10(13(9)18-3)7-16-8-11(15)6-14/h4-5,11,16H,6-8,14-15H2,1-3H3. The second-order valence-corrected chi connectivity index (χ2v) is 4.21. The molecule has 5 N–H and O–H groups in total. The largest absolute Gasteiger partial charge is 0.496 e. The summed E-state index contributed by atoms with van der Waals surface area (Å²) in [7, 11) is 3.32. The van der Waals surface area contributed by atoms with Crippen LogP contribution in [0.25, 0.3) is 0 Å². The summed E-state index contributed by atoms with van der Waals surface area (Å²) in [5, 5.41) is 3.27. The molecule has 0 spiro atoms. The molecule has 1 unspecified atom stereocenters. The van der Waals surface area contributed by atoms with Crippen LogP contribution in [-0.2, 0) is 6.54 Å². The van der Waals surface area contributed by atoms with E-state index in [4.69, 9.17) is 20.9 Å². The van der Waals surface area contributed by atoms with Gasteiger partial charge >= 0.3 is 0 Å². The van der Waals surface area contributed by atoms with Crippen LogP contribution >= 0.6 is 0 Å². The Balaban J connectivity index is 2.74. The first-order valence-electron chi connectivity index (χ1n) is 6.00. The van der Waals surface area contributed by atoms with E-state index in [1.807, 2.05) is 19.1 Å². The minimum Gasteiger partial charge on any atom is -0.496 e. The van der Waals surface area contributed by atoms with Gasteiger partial charge in [0.15, 0.2) is 0 Å². The Kier molecular flexibility index (Phi) is 5.91. The van der Waals surface area contributed by atoms with Crippen LogP contribution in [0, 0.1) is 6.92 Å². The number of hydrogen-bond donors (Lipinski definition) is 3. The zero-order valence-corrected chi connectivity index (χ0v) is 11.3. The molecule has 5 heteroatoms. The Labute approximate surface area is 108 Å². The monoisotopic (exact) mass is 253 g/mol. The summed E-state index contributed by atoms with van der Waals surface area (Å²) in [4.78, 5) is 0. The van der Waals surface area contributed by atoms with E-state index in [1.165, 1.54) is 0 Å². The molecular weight excluding hydrogens is 230 g/mol. The van der Waals surface area contributed by atoms with Crippen LogP contribution in [0.1, 0.15) is 11.1 Å². The summed E-state index contributed by atoms with van der Waals surface area (Å²) in [6.07, 6.45) is 0. The fraction of sp³-hybridized carbons (Fsp3) is 0.538. The van der Waals surface area contributed by atoms with Gasteiger partial charge in [-0.2, -0.15) is 0 Å². The maximum Gasteiger partial charge on any atom is 0.129 e. The van der Waals surface area contributed by atoms with Gasteiger partial charge in [-0.15, -0.1) is 0 Å². The maximum atomic E-state index is 5.74. The van der Waals surface area contributed by atoms with Crippen molar-refractivity contribution in [2.45, 2.75) is 19.5 Å². The molecule has 0 saturated carbocycles. The lowest BCUT2D eigenvalue weighted by Crippen LogP contribution is -2.39. The van der Waals surface area contributed by atoms with Crippen molar-refractivity contribution >= 4 is 0 Å². The highest BCUT2D eigenvalue weighted by Gasteiger charge is 2.11. The van der Waals surface area contributed by atoms with Gasteiger partial charge in [-0.3, -0.25) is 0 Å². The average molecular weight is 253 g/mol. The predicted octanol–water partition coefficient (Wildman–Crippen LogP) is 0.388. The number of methoxy groups -OCH3 is 2. The summed E-state index contributed by atoms with van der Waals surface area (Å²) in [5.41, 5.74) is 13.3. The number of rotatable bonds is 7. The van der Waals surface area contributed by atoms with Gasteiger partial charge < -0.3 is 26.3 Å². The van der Waals surface area contributed by atoms with E-state index in [9.17, 15) is 0 Å². The Bertz CT molecular complexity index is 383. The molecule has 1 aromatic carbocycles. The highest BCUT2D eigenvalue weighted by Crippen LogP contribution is 2.31. The lowest BCUT2D eigenvalue weighted by atomic mass is 10.1. The van der Waals surface area contributed by atoms with Crippen molar-refractivity contribution in [3.63, 3.8) is 0 Å². The summed E-state index contributed by atoms with van der Waals surface area (Å²) < 4.78 is 10.7. The second kappa shape index (κ2) is 7.20. The smallest absolute Gasteiger partial charge is 0.129 e. The van der Waals surface area contributed by atoms with E-state index in [1.54, 1.807) is 14.2 Å². The highest BCUT2D eigenvalue weighted by atomic mass is 16.5. The van der Waals surface area contributed by atoms with Gasteiger partial charge in [0.2, 0.25) is 0 Å². The Morgan fingerprint density at radius 2 is 2.00 bits per heavy atom. The van der Waals surface area contributed by atoms with Gasteiger partial charge in [-0.1, -0.05) is 6.07 Å². The Morgan fingerprint density at radius 1 is 1.28 bits per heavy atom. The molecule has 0 amide bonds. The van der Waals surface area contributed by atoms with Crippen molar-refractivity contribution < 1.29 is 9.47 Å². The maximum absolute atomic E-state index is 5.74. The summed E-state index contributed by atoms with van der Waals surface area (Å²) in [5.74, 6) is 1.68. The van der Waals surface area contributed by atoms with Crippen molar-refractivity contribution in [3.05, 3.63) is 23.3 Å². The van der Waals surface area contributed by atoms with E-state index in [2.05, 4.69) is 5.32 Å². The quantitative estimate of drug-likeness (QED) is 0.655. The minimum absolute atomic E-state index is 0.0182. The van der Waals surface area contributed by atoms with Gasteiger partial charge in [-0.25, -0.2) is 0 Å². The molecule has 1 atom stereocenters. The molecule has 0 saturated heterocycles. The first-order valence-corrected chi connectivity index (χ1v) is 6.00. The van der Waals surface area contributed by atoms with Crippen molar-refractivity contribution in [3.8, 4) is 11.5 Å². The zero-order chi connectivity index (χ0) is 13.5. The topological polar surface area (TPSA) is 82.5 Å². The molecule has 1 aromatic rings. The van der Waals surface area contributed by atoms with Crippen molar-refractivity contribution in [1.82, 2.24) is 5.32 Å². The molecule has 0 aliphatic carbocycles. The number of hydrogen-bond acceptors (Lipinski definition) is 5. The van der Waals surface area contributed by atoms with Gasteiger partial charge in [-0.05, 0) is 13.0 Å². The van der Waals surface area contributed by atoms with Crippen LogP contribution in [-0.4, -0.2) is 33.4 Å². The summed E-state index contributed by atoms with van der Waals surface area (Å²) in [6.45, 7) is 3.84. The molecule has 0 aliphatic rings. The van der Waals surface area contributed by atoms with E-state index >= 15 is 0 Å². The van der Waals surface area contributed by atoms with Gasteiger partial charge in [0.05, 0.1) is 14.2 Å². The van der Waals surface area contributed by atoms with Crippen LogP contribution in [0.2, 0.25) is 0 Å². The van der Waals surface area contributed by atoms with Gasteiger partial charge in [0.1, 0.15) is 11.5 Å². The molecule has 1 rings (SSSR count). The second-order valence-electron chi connectivity index (χ2n) is 4.21. The Hall–Kier alpha value is -1.30. The number of ether oxygens (including phenoxy) is 2. The van der Waals surface area contributed by atoms with Crippen LogP contribution in [0.4, 0.5) is 0 Å². The lowest BCUT2D eigenvalue weighted by molar-refractivity contribution is 0.384.